The van der Waals surface area contributed by atoms with Gasteiger partial charge in [-0.15, -0.1) is 0 Å². The summed E-state index contributed by atoms with van der Waals surface area (Å²) in [7, 11) is -3.49. The normalized spacial score (nSPS) is 11.6. The van der Waals surface area contributed by atoms with Crippen LogP contribution >= 0.6 is 0 Å². The van der Waals surface area contributed by atoms with E-state index in [9.17, 15) is 8.42 Å². The Morgan fingerprint density at radius 2 is 2.44 bits per heavy atom. The van der Waals surface area contributed by atoms with Crippen molar-refractivity contribution in [2.75, 3.05) is 19.8 Å². The summed E-state index contributed by atoms with van der Waals surface area (Å²) < 4.78 is 30.6. The Kier molecular flexibility index (Phi) is 4.66. The molecule has 7 heteroatoms. The third kappa shape index (κ3) is 4.13. The molecule has 2 N–H and O–H groups in total. The number of ether oxygens (including phenoxy) is 1. The van der Waals surface area contributed by atoms with Gasteiger partial charge in [-0.05, 0) is 6.92 Å². The highest BCUT2D eigenvalue weighted by molar-refractivity contribution is 7.89. The minimum Gasteiger partial charge on any atom is -0.376 e. The Hall–Kier alpha value is -1.18. The van der Waals surface area contributed by atoms with Crippen molar-refractivity contribution >= 4 is 10.0 Å². The van der Waals surface area contributed by atoms with Crippen molar-refractivity contribution < 1.29 is 13.2 Å². The van der Waals surface area contributed by atoms with Gasteiger partial charge in [0, 0.05) is 6.54 Å². The van der Waals surface area contributed by atoms with Gasteiger partial charge in [0.1, 0.15) is 0 Å². The van der Waals surface area contributed by atoms with Crippen molar-refractivity contribution in [1.29, 1.82) is 0 Å². The largest absolute Gasteiger partial charge is 0.376 e. The summed E-state index contributed by atoms with van der Waals surface area (Å²) in [6, 6.07) is 0. The number of imidazole rings is 1. The van der Waals surface area contributed by atoms with E-state index in [1.54, 1.807) is 0 Å². The van der Waals surface area contributed by atoms with Crippen molar-refractivity contribution in [3.05, 3.63) is 24.7 Å². The Morgan fingerprint density at radius 1 is 1.69 bits per heavy atom. The molecule has 0 aliphatic rings. The predicted molar refractivity (Wildman–Crippen MR) is 59.4 cm³/mol. The average Bonchev–Trinajstić information content (AvgIpc) is 2.69. The first-order chi connectivity index (χ1) is 7.52. The van der Waals surface area contributed by atoms with E-state index in [1.165, 1.54) is 12.5 Å². The van der Waals surface area contributed by atoms with Gasteiger partial charge < -0.3 is 9.72 Å². The molecule has 0 fully saturated rings. The standard InChI is InChI=1S/C9H15N3O3S/c1-8(2)6-15-4-3-12-16(13,14)9-5-10-7-11-9/h5,7,12H,1,3-4,6H2,2H3,(H,10,11). The molecule has 0 bridgehead atoms. The van der Waals surface area contributed by atoms with Crippen LogP contribution in [-0.2, 0) is 14.8 Å². The lowest BCUT2D eigenvalue weighted by Gasteiger charge is -2.05. The summed E-state index contributed by atoms with van der Waals surface area (Å²) in [5.41, 5.74) is 0.899. The van der Waals surface area contributed by atoms with Gasteiger partial charge >= 0.3 is 0 Å². The fourth-order valence-corrected chi connectivity index (χ4v) is 1.88. The lowest BCUT2D eigenvalue weighted by molar-refractivity contribution is 0.162. The first-order valence-corrected chi connectivity index (χ1v) is 6.21. The molecule has 0 aliphatic carbocycles. The van der Waals surface area contributed by atoms with Crippen molar-refractivity contribution in [2.45, 2.75) is 11.9 Å². The molecule has 0 amide bonds. The van der Waals surface area contributed by atoms with E-state index < -0.39 is 10.0 Å². The van der Waals surface area contributed by atoms with Crippen LogP contribution in [0.5, 0.6) is 0 Å². The number of sulfonamides is 1. The third-order valence-corrected chi connectivity index (χ3v) is 3.04. The van der Waals surface area contributed by atoms with E-state index >= 15 is 0 Å². The molecule has 0 aromatic carbocycles. The molecular weight excluding hydrogens is 230 g/mol. The molecule has 0 saturated heterocycles. The maximum atomic E-state index is 11.5. The molecule has 0 aliphatic heterocycles. The fourth-order valence-electron chi connectivity index (χ4n) is 0.962. The maximum Gasteiger partial charge on any atom is 0.257 e. The van der Waals surface area contributed by atoms with Crippen molar-refractivity contribution in [1.82, 2.24) is 14.7 Å². The molecule has 0 unspecified atom stereocenters. The molecular formula is C9H15N3O3S. The van der Waals surface area contributed by atoms with Gasteiger partial charge in [0.05, 0.1) is 25.7 Å². The zero-order valence-corrected chi connectivity index (χ0v) is 9.88. The van der Waals surface area contributed by atoms with Crippen LogP contribution in [0.1, 0.15) is 6.92 Å². The second-order valence-electron chi connectivity index (χ2n) is 3.32. The van der Waals surface area contributed by atoms with E-state index in [-0.39, 0.29) is 11.6 Å². The van der Waals surface area contributed by atoms with Crippen LogP contribution in [0.15, 0.2) is 29.7 Å². The first kappa shape index (κ1) is 12.9. The van der Waals surface area contributed by atoms with E-state index in [0.29, 0.717) is 13.2 Å². The number of aromatic amines is 1. The number of rotatable bonds is 7. The number of nitrogens with zero attached hydrogens (tertiary/aromatic N) is 1. The molecule has 90 valence electrons. The fraction of sp³-hybridized carbons (Fsp3) is 0.444. The second kappa shape index (κ2) is 5.78. The SMILES string of the molecule is C=C(C)COCCNS(=O)(=O)c1cnc[nH]1. The van der Waals surface area contributed by atoms with Gasteiger partial charge in [0.2, 0.25) is 0 Å². The van der Waals surface area contributed by atoms with Gasteiger partial charge in [-0.1, -0.05) is 12.2 Å². The quantitative estimate of drug-likeness (QED) is 0.534. The Morgan fingerprint density at radius 3 is 3.00 bits per heavy atom. The monoisotopic (exact) mass is 245 g/mol. The van der Waals surface area contributed by atoms with Gasteiger partial charge in [-0.2, -0.15) is 0 Å². The van der Waals surface area contributed by atoms with Crippen LogP contribution in [-0.4, -0.2) is 38.1 Å². The van der Waals surface area contributed by atoms with Crippen LogP contribution in [0.4, 0.5) is 0 Å². The maximum absolute atomic E-state index is 11.5. The smallest absolute Gasteiger partial charge is 0.257 e. The summed E-state index contributed by atoms with van der Waals surface area (Å²) in [6.07, 6.45) is 2.56. The van der Waals surface area contributed by atoms with Gasteiger partial charge in [0.25, 0.3) is 10.0 Å². The number of hydrogen-bond donors (Lipinski definition) is 2. The Labute approximate surface area is 94.8 Å². The van der Waals surface area contributed by atoms with Crippen LogP contribution in [0.3, 0.4) is 0 Å². The molecule has 0 saturated carbocycles. The Bertz CT molecular complexity index is 425. The summed E-state index contributed by atoms with van der Waals surface area (Å²) >= 11 is 0. The highest BCUT2D eigenvalue weighted by Crippen LogP contribution is 2.00. The van der Waals surface area contributed by atoms with Crippen LogP contribution < -0.4 is 4.72 Å². The van der Waals surface area contributed by atoms with E-state index in [2.05, 4.69) is 21.3 Å². The summed E-state index contributed by atoms with van der Waals surface area (Å²) in [4.78, 5) is 6.16. The van der Waals surface area contributed by atoms with E-state index in [4.69, 9.17) is 4.74 Å². The summed E-state index contributed by atoms with van der Waals surface area (Å²) in [5, 5.41) is 0.0485. The average molecular weight is 245 g/mol. The summed E-state index contributed by atoms with van der Waals surface area (Å²) in [5.74, 6) is 0. The predicted octanol–water partition coefficient (Wildman–Crippen LogP) is 0.281. The molecule has 0 radical (unpaired) electrons. The molecule has 0 atom stereocenters. The van der Waals surface area contributed by atoms with Crippen LogP contribution in [0.2, 0.25) is 0 Å². The van der Waals surface area contributed by atoms with Crippen molar-refractivity contribution in [2.24, 2.45) is 0 Å². The molecule has 1 aromatic rings. The molecule has 1 heterocycles. The number of hydrogen-bond acceptors (Lipinski definition) is 4. The van der Waals surface area contributed by atoms with E-state index in [1.807, 2.05) is 6.92 Å². The third-order valence-electron chi connectivity index (χ3n) is 1.65. The molecule has 0 spiro atoms. The van der Waals surface area contributed by atoms with Crippen LogP contribution in [0.25, 0.3) is 0 Å². The highest BCUT2D eigenvalue weighted by Gasteiger charge is 2.13. The minimum absolute atomic E-state index is 0.0485. The molecule has 1 rings (SSSR count). The topological polar surface area (TPSA) is 84.1 Å². The minimum atomic E-state index is -3.49. The molecule has 1 aromatic heterocycles. The molecule has 16 heavy (non-hydrogen) atoms. The zero-order chi connectivity index (χ0) is 12.0. The highest BCUT2D eigenvalue weighted by atomic mass is 32.2. The lowest BCUT2D eigenvalue weighted by atomic mass is 10.4. The summed E-state index contributed by atoms with van der Waals surface area (Å²) in [6.45, 7) is 6.47. The van der Waals surface area contributed by atoms with E-state index in [0.717, 1.165) is 5.57 Å². The van der Waals surface area contributed by atoms with Gasteiger partial charge in [0.15, 0.2) is 5.03 Å². The number of H-pyrrole nitrogens is 1. The lowest BCUT2D eigenvalue weighted by Crippen LogP contribution is -2.27. The first-order valence-electron chi connectivity index (χ1n) is 4.72. The van der Waals surface area contributed by atoms with Crippen molar-refractivity contribution in [3.8, 4) is 0 Å². The number of aromatic nitrogens is 2. The van der Waals surface area contributed by atoms with Gasteiger partial charge in [-0.25, -0.2) is 18.1 Å². The van der Waals surface area contributed by atoms with Crippen LogP contribution in [0, 0.1) is 0 Å². The number of nitrogens with one attached hydrogen (secondary N) is 2. The van der Waals surface area contributed by atoms with Crippen molar-refractivity contribution in [3.63, 3.8) is 0 Å². The second-order valence-corrected chi connectivity index (χ2v) is 5.06. The van der Waals surface area contributed by atoms with Gasteiger partial charge in [-0.3, -0.25) is 0 Å². The zero-order valence-electron chi connectivity index (χ0n) is 9.06. The Balaban J connectivity index is 2.30. The molecule has 6 nitrogen and oxygen atoms in total.